The van der Waals surface area contributed by atoms with Crippen LogP contribution < -0.4 is 11.1 Å². The van der Waals surface area contributed by atoms with E-state index in [1.54, 1.807) is 18.2 Å². The van der Waals surface area contributed by atoms with E-state index in [-0.39, 0.29) is 6.54 Å². The lowest BCUT2D eigenvalue weighted by atomic mass is 10.2. The second kappa shape index (κ2) is 5.68. The van der Waals surface area contributed by atoms with Crippen molar-refractivity contribution in [1.29, 1.82) is 0 Å². The van der Waals surface area contributed by atoms with E-state index < -0.39 is 18.9 Å². The van der Waals surface area contributed by atoms with Gasteiger partial charge >= 0.3 is 12.3 Å². The highest BCUT2D eigenvalue weighted by molar-refractivity contribution is 9.10. The second-order valence-corrected chi connectivity index (χ2v) is 4.37. The van der Waals surface area contributed by atoms with Crippen LogP contribution in [0.3, 0.4) is 0 Å². The van der Waals surface area contributed by atoms with Gasteiger partial charge in [0.2, 0.25) is 0 Å². The summed E-state index contributed by atoms with van der Waals surface area (Å²) < 4.78 is 49.6. The number of halogens is 5. The maximum atomic E-state index is 12.6. The van der Waals surface area contributed by atoms with Crippen molar-refractivity contribution in [2.75, 3.05) is 12.3 Å². The minimum atomic E-state index is -4.02. The predicted octanol–water partition coefficient (Wildman–Crippen LogP) is 3.02. The van der Waals surface area contributed by atoms with E-state index in [0.717, 1.165) is 0 Å². The summed E-state index contributed by atoms with van der Waals surface area (Å²) in [5, 5.41) is 2.28. The van der Waals surface area contributed by atoms with Crippen LogP contribution in [-0.4, -0.2) is 18.9 Å². The maximum Gasteiger partial charge on any atom is 0.319 e. The van der Waals surface area contributed by atoms with Gasteiger partial charge in [-0.2, -0.15) is 8.78 Å². The van der Waals surface area contributed by atoms with E-state index >= 15 is 0 Å². The second-order valence-electron chi connectivity index (χ2n) is 3.52. The number of nitrogens with two attached hydrogens (primary N) is 1. The third-order valence-corrected chi connectivity index (χ3v) is 2.84. The van der Waals surface area contributed by atoms with Gasteiger partial charge in [0, 0.05) is 16.7 Å². The summed E-state index contributed by atoms with van der Waals surface area (Å²) in [6.07, 6.45) is -3.67. The molecule has 0 atom stereocenters. The highest BCUT2D eigenvalue weighted by Crippen LogP contribution is 2.23. The van der Waals surface area contributed by atoms with Crippen molar-refractivity contribution in [1.82, 2.24) is 5.32 Å². The Bertz CT molecular complexity index is 385. The lowest BCUT2D eigenvalue weighted by Crippen LogP contribution is -2.38. The number of nitrogens with one attached hydrogen (secondary N) is 1. The molecule has 3 N–H and O–H groups in total. The molecular formula is C10H11BrF4N2. The Kier molecular flexibility index (Phi) is 4.76. The van der Waals surface area contributed by atoms with E-state index in [2.05, 4.69) is 21.2 Å². The first kappa shape index (κ1) is 14.2. The Labute approximate surface area is 104 Å². The average Bonchev–Trinajstić information content (AvgIpc) is 2.22. The summed E-state index contributed by atoms with van der Waals surface area (Å²) in [6.45, 7) is -1.04. The molecular weight excluding hydrogens is 304 g/mol. The van der Waals surface area contributed by atoms with Crippen LogP contribution in [0, 0.1) is 0 Å². The highest BCUT2D eigenvalue weighted by Gasteiger charge is 2.39. The van der Waals surface area contributed by atoms with Crippen LogP contribution in [0.2, 0.25) is 0 Å². The molecule has 0 unspecified atom stereocenters. The third-order valence-electron chi connectivity index (χ3n) is 2.07. The third kappa shape index (κ3) is 4.16. The minimum Gasteiger partial charge on any atom is -0.399 e. The average molecular weight is 315 g/mol. The molecule has 0 fully saturated rings. The van der Waals surface area contributed by atoms with Crippen molar-refractivity contribution in [3.05, 3.63) is 28.2 Å². The molecule has 0 radical (unpaired) electrons. The Hall–Kier alpha value is -0.820. The van der Waals surface area contributed by atoms with Crippen LogP contribution in [0.5, 0.6) is 0 Å². The van der Waals surface area contributed by atoms with Crippen LogP contribution in [-0.2, 0) is 6.54 Å². The van der Waals surface area contributed by atoms with Crippen LogP contribution >= 0.6 is 15.9 Å². The molecule has 0 spiro atoms. The van der Waals surface area contributed by atoms with Gasteiger partial charge < -0.3 is 11.1 Å². The van der Waals surface area contributed by atoms with Crippen LogP contribution in [0.1, 0.15) is 5.56 Å². The zero-order valence-electron chi connectivity index (χ0n) is 8.69. The number of alkyl halides is 4. The van der Waals surface area contributed by atoms with Gasteiger partial charge in [-0.05, 0) is 23.8 Å². The number of hydrogen-bond donors (Lipinski definition) is 2. The van der Waals surface area contributed by atoms with E-state index in [1.807, 2.05) is 0 Å². The summed E-state index contributed by atoms with van der Waals surface area (Å²) in [5.41, 5.74) is 6.63. The standard InChI is InChI=1S/C10H11BrF4N2/c11-8-2-1-7(16)3-6(8)4-17-5-10(14,15)9(12)13/h1-3,9,17H,4-5,16H2. The molecule has 0 aromatic heterocycles. The monoisotopic (exact) mass is 314 g/mol. The van der Waals surface area contributed by atoms with Crippen molar-refractivity contribution in [3.63, 3.8) is 0 Å². The Morgan fingerprint density at radius 3 is 2.59 bits per heavy atom. The first-order valence-electron chi connectivity index (χ1n) is 4.73. The Morgan fingerprint density at radius 1 is 1.35 bits per heavy atom. The van der Waals surface area contributed by atoms with Crippen molar-refractivity contribution in [2.24, 2.45) is 0 Å². The molecule has 0 saturated heterocycles. The molecule has 0 heterocycles. The summed E-state index contributed by atoms with van der Waals surface area (Å²) in [5.74, 6) is -4.02. The molecule has 0 aliphatic heterocycles. The number of nitrogen functional groups attached to an aromatic ring is 1. The Balaban J connectivity index is 2.54. The summed E-state index contributed by atoms with van der Waals surface area (Å²) in [6, 6.07) is 4.89. The van der Waals surface area contributed by atoms with Gasteiger partial charge in [0.25, 0.3) is 0 Å². The van der Waals surface area contributed by atoms with E-state index in [9.17, 15) is 17.6 Å². The molecule has 0 bridgehead atoms. The summed E-state index contributed by atoms with van der Waals surface area (Å²) >= 11 is 3.21. The van der Waals surface area contributed by atoms with Gasteiger partial charge in [-0.3, -0.25) is 0 Å². The maximum absolute atomic E-state index is 12.6. The largest absolute Gasteiger partial charge is 0.399 e. The normalized spacial score (nSPS) is 12.1. The molecule has 7 heteroatoms. The van der Waals surface area contributed by atoms with E-state index in [0.29, 0.717) is 15.7 Å². The van der Waals surface area contributed by atoms with Crippen LogP contribution in [0.25, 0.3) is 0 Å². The number of hydrogen-bond acceptors (Lipinski definition) is 2. The first-order chi connectivity index (χ1) is 7.83. The fourth-order valence-electron chi connectivity index (χ4n) is 1.17. The minimum absolute atomic E-state index is 0.0356. The quantitative estimate of drug-likeness (QED) is 0.647. The highest BCUT2D eigenvalue weighted by atomic mass is 79.9. The fourth-order valence-corrected chi connectivity index (χ4v) is 1.56. The van der Waals surface area contributed by atoms with E-state index in [4.69, 9.17) is 5.73 Å². The van der Waals surface area contributed by atoms with Gasteiger partial charge in [0.1, 0.15) is 0 Å². The molecule has 96 valence electrons. The molecule has 1 aromatic carbocycles. The summed E-state index contributed by atoms with van der Waals surface area (Å²) in [7, 11) is 0. The van der Waals surface area contributed by atoms with Crippen molar-refractivity contribution in [3.8, 4) is 0 Å². The van der Waals surface area contributed by atoms with Crippen molar-refractivity contribution >= 4 is 21.6 Å². The van der Waals surface area contributed by atoms with Gasteiger partial charge in [-0.25, -0.2) is 8.78 Å². The van der Waals surface area contributed by atoms with Crippen LogP contribution in [0.15, 0.2) is 22.7 Å². The molecule has 1 rings (SSSR count). The van der Waals surface area contributed by atoms with Gasteiger partial charge in [-0.1, -0.05) is 15.9 Å². The van der Waals surface area contributed by atoms with Gasteiger partial charge in [0.15, 0.2) is 0 Å². The Morgan fingerprint density at radius 2 is 2.00 bits per heavy atom. The number of benzene rings is 1. The number of anilines is 1. The summed E-state index contributed by atoms with van der Waals surface area (Å²) in [4.78, 5) is 0. The van der Waals surface area contributed by atoms with Gasteiger partial charge in [-0.15, -0.1) is 0 Å². The first-order valence-corrected chi connectivity index (χ1v) is 5.53. The van der Waals surface area contributed by atoms with Crippen LogP contribution in [0.4, 0.5) is 23.2 Å². The lowest BCUT2D eigenvalue weighted by Gasteiger charge is -2.16. The number of rotatable bonds is 5. The lowest BCUT2D eigenvalue weighted by molar-refractivity contribution is -0.125. The molecule has 1 aromatic rings. The molecule has 17 heavy (non-hydrogen) atoms. The topological polar surface area (TPSA) is 38.0 Å². The fraction of sp³-hybridized carbons (Fsp3) is 0.400. The van der Waals surface area contributed by atoms with Crippen molar-refractivity contribution < 1.29 is 17.6 Å². The zero-order valence-corrected chi connectivity index (χ0v) is 10.3. The molecule has 2 nitrogen and oxygen atoms in total. The molecule has 0 aliphatic rings. The molecule has 0 saturated carbocycles. The predicted molar refractivity (Wildman–Crippen MR) is 61.2 cm³/mol. The molecule has 0 amide bonds. The zero-order chi connectivity index (χ0) is 13.1. The van der Waals surface area contributed by atoms with Crippen molar-refractivity contribution in [2.45, 2.75) is 18.9 Å². The van der Waals surface area contributed by atoms with Gasteiger partial charge in [0.05, 0.1) is 6.54 Å². The SMILES string of the molecule is Nc1ccc(Br)c(CNCC(F)(F)C(F)F)c1. The smallest absolute Gasteiger partial charge is 0.319 e. The molecule has 0 aliphatic carbocycles. The van der Waals surface area contributed by atoms with E-state index in [1.165, 1.54) is 0 Å².